The summed E-state index contributed by atoms with van der Waals surface area (Å²) >= 11 is 0.798. The van der Waals surface area contributed by atoms with Crippen LogP contribution in [0.1, 0.15) is 0 Å². The second-order valence-electron chi connectivity index (χ2n) is 2.60. The van der Waals surface area contributed by atoms with Gasteiger partial charge in [-0.15, -0.1) is 11.8 Å². The molecule has 0 aliphatic carbocycles. The van der Waals surface area contributed by atoms with Crippen LogP contribution < -0.4 is 4.57 Å². The molecule has 0 unspecified atom stereocenters. The molecule has 5 heteroatoms. The van der Waals surface area contributed by atoms with Gasteiger partial charge in [-0.3, -0.25) is 0 Å². The van der Waals surface area contributed by atoms with Crippen molar-refractivity contribution < 1.29 is 17.7 Å². The van der Waals surface area contributed by atoms with Gasteiger partial charge in [-0.2, -0.15) is 13.2 Å². The first kappa shape index (κ1) is 10.4. The van der Waals surface area contributed by atoms with Crippen molar-refractivity contribution in [3.05, 3.63) is 24.5 Å². The third-order valence-corrected chi connectivity index (χ3v) is 2.43. The summed E-state index contributed by atoms with van der Waals surface area (Å²) in [7, 11) is 1.82. The molecule has 1 rings (SSSR count). The van der Waals surface area contributed by atoms with E-state index in [2.05, 4.69) is 0 Å². The van der Waals surface area contributed by atoms with Crippen molar-refractivity contribution in [3.63, 3.8) is 0 Å². The van der Waals surface area contributed by atoms with Crippen LogP contribution in [-0.4, -0.2) is 11.9 Å². The van der Waals surface area contributed by atoms with Gasteiger partial charge in [0.2, 0.25) is 0 Å². The van der Waals surface area contributed by atoms with Crippen LogP contribution in [0.4, 0.5) is 13.2 Å². The Balaban J connectivity index is 2.51. The zero-order valence-corrected chi connectivity index (χ0v) is 7.82. The predicted octanol–water partition coefficient (Wildman–Crippen LogP) is 2.17. The highest BCUT2D eigenvalue weighted by molar-refractivity contribution is 7.99. The van der Waals surface area contributed by atoms with E-state index in [0.29, 0.717) is 4.90 Å². The number of aromatic nitrogens is 1. The number of hydrogen-bond donors (Lipinski definition) is 0. The van der Waals surface area contributed by atoms with Gasteiger partial charge in [0.1, 0.15) is 7.05 Å². The van der Waals surface area contributed by atoms with Gasteiger partial charge in [-0.25, -0.2) is 4.57 Å². The Morgan fingerprint density at radius 1 is 1.31 bits per heavy atom. The molecule has 0 aliphatic heterocycles. The molecular weight excluding hydrogens is 199 g/mol. The van der Waals surface area contributed by atoms with Gasteiger partial charge < -0.3 is 0 Å². The van der Waals surface area contributed by atoms with Gasteiger partial charge in [-0.1, -0.05) is 0 Å². The first-order valence-electron chi connectivity index (χ1n) is 3.62. The fourth-order valence-corrected chi connectivity index (χ4v) is 1.39. The molecule has 0 aromatic carbocycles. The van der Waals surface area contributed by atoms with E-state index in [-0.39, 0.29) is 0 Å². The van der Waals surface area contributed by atoms with Crippen LogP contribution in [0.2, 0.25) is 0 Å². The molecule has 0 fully saturated rings. The van der Waals surface area contributed by atoms with Crippen molar-refractivity contribution in [2.75, 3.05) is 5.75 Å². The van der Waals surface area contributed by atoms with Gasteiger partial charge in [0.15, 0.2) is 12.4 Å². The number of rotatable bonds is 2. The number of nitrogens with zero attached hydrogens (tertiary/aromatic N) is 1. The molecule has 1 aromatic heterocycles. The normalized spacial score (nSPS) is 11.7. The summed E-state index contributed by atoms with van der Waals surface area (Å²) in [6, 6.07) is 3.33. The number of thioether (sulfide) groups is 1. The van der Waals surface area contributed by atoms with Crippen molar-refractivity contribution in [1.29, 1.82) is 0 Å². The number of halogens is 3. The Labute approximate surface area is 78.6 Å². The van der Waals surface area contributed by atoms with E-state index in [1.54, 1.807) is 29.1 Å². The molecule has 1 heterocycles. The third-order valence-electron chi connectivity index (χ3n) is 1.35. The zero-order chi connectivity index (χ0) is 9.90. The van der Waals surface area contributed by atoms with E-state index in [9.17, 15) is 13.2 Å². The van der Waals surface area contributed by atoms with Crippen molar-refractivity contribution in [2.24, 2.45) is 7.05 Å². The van der Waals surface area contributed by atoms with E-state index >= 15 is 0 Å². The maximum atomic E-state index is 11.8. The lowest BCUT2D eigenvalue weighted by Crippen LogP contribution is -2.25. The summed E-state index contributed by atoms with van der Waals surface area (Å²) in [6.07, 6.45) is -0.653. The molecule has 0 spiro atoms. The summed E-state index contributed by atoms with van der Waals surface area (Å²) in [6.45, 7) is 0. The molecule has 0 N–H and O–H groups in total. The number of alkyl halides is 3. The summed E-state index contributed by atoms with van der Waals surface area (Å²) < 4.78 is 37.2. The van der Waals surface area contributed by atoms with Crippen molar-refractivity contribution in [1.82, 2.24) is 0 Å². The molecule has 0 atom stereocenters. The van der Waals surface area contributed by atoms with E-state index in [1.165, 1.54) is 0 Å². The first-order valence-corrected chi connectivity index (χ1v) is 4.61. The van der Waals surface area contributed by atoms with E-state index in [1.807, 2.05) is 7.05 Å². The average molecular weight is 208 g/mol. The topological polar surface area (TPSA) is 3.88 Å². The Morgan fingerprint density at radius 3 is 2.31 bits per heavy atom. The highest BCUT2D eigenvalue weighted by atomic mass is 32.2. The largest absolute Gasteiger partial charge is 0.398 e. The van der Waals surface area contributed by atoms with Crippen LogP contribution in [-0.2, 0) is 7.05 Å². The summed E-state index contributed by atoms with van der Waals surface area (Å²) in [5, 5.41) is 0. The minimum atomic E-state index is -4.09. The summed E-state index contributed by atoms with van der Waals surface area (Å²) in [5.41, 5.74) is 0. The maximum absolute atomic E-state index is 11.8. The molecule has 0 saturated carbocycles. The van der Waals surface area contributed by atoms with Gasteiger partial charge >= 0.3 is 6.18 Å². The SMILES string of the molecule is C[n+]1ccc(SCC(F)(F)F)cc1. The second-order valence-corrected chi connectivity index (χ2v) is 3.65. The summed E-state index contributed by atoms with van der Waals surface area (Å²) in [5.74, 6) is -0.833. The van der Waals surface area contributed by atoms with Crippen LogP contribution in [0.5, 0.6) is 0 Å². The standard InChI is InChI=1S/C8H9F3NS/c1-12-4-2-7(3-5-12)13-6-8(9,10)11/h2-5H,6H2,1H3/q+1. The lowest BCUT2D eigenvalue weighted by Gasteiger charge is -2.04. The number of aryl methyl sites for hydroxylation is 1. The Bertz CT molecular complexity index is 268. The Hall–Kier alpha value is -0.710. The molecule has 1 nitrogen and oxygen atoms in total. The molecule has 0 bridgehead atoms. The monoisotopic (exact) mass is 208 g/mol. The fourth-order valence-electron chi connectivity index (χ4n) is 0.749. The van der Waals surface area contributed by atoms with E-state index in [0.717, 1.165) is 11.8 Å². The van der Waals surface area contributed by atoms with Gasteiger partial charge in [0.05, 0.1) is 5.75 Å². The number of hydrogen-bond acceptors (Lipinski definition) is 1. The molecule has 0 aliphatic rings. The molecule has 1 aromatic rings. The minimum Gasteiger partial charge on any atom is -0.208 e. The lowest BCUT2D eigenvalue weighted by molar-refractivity contribution is -0.671. The molecule has 0 radical (unpaired) electrons. The van der Waals surface area contributed by atoms with Crippen LogP contribution in [0.3, 0.4) is 0 Å². The maximum Gasteiger partial charge on any atom is 0.398 e. The molecule has 0 saturated heterocycles. The quantitative estimate of drug-likeness (QED) is 0.532. The molecule has 72 valence electrons. The average Bonchev–Trinajstić information content (AvgIpc) is 2.02. The van der Waals surface area contributed by atoms with Gasteiger partial charge in [0, 0.05) is 17.0 Å². The van der Waals surface area contributed by atoms with Gasteiger partial charge in [-0.05, 0) is 0 Å². The highest BCUT2D eigenvalue weighted by Gasteiger charge is 2.27. The third kappa shape index (κ3) is 4.17. The first-order chi connectivity index (χ1) is 5.97. The minimum absolute atomic E-state index is 0.635. The van der Waals surface area contributed by atoms with Crippen molar-refractivity contribution in [2.45, 2.75) is 11.1 Å². The predicted molar refractivity (Wildman–Crippen MR) is 44.4 cm³/mol. The van der Waals surface area contributed by atoms with Crippen LogP contribution in [0, 0.1) is 0 Å². The summed E-state index contributed by atoms with van der Waals surface area (Å²) in [4.78, 5) is 0.635. The van der Waals surface area contributed by atoms with Gasteiger partial charge in [0.25, 0.3) is 0 Å². The molecule has 0 amide bonds. The Morgan fingerprint density at radius 2 is 1.85 bits per heavy atom. The van der Waals surface area contributed by atoms with Crippen LogP contribution >= 0.6 is 11.8 Å². The smallest absolute Gasteiger partial charge is 0.208 e. The van der Waals surface area contributed by atoms with E-state index < -0.39 is 11.9 Å². The Kier molecular flexibility index (Phi) is 3.19. The highest BCUT2D eigenvalue weighted by Crippen LogP contribution is 2.26. The molecular formula is C8H9F3NS+. The van der Waals surface area contributed by atoms with Crippen molar-refractivity contribution >= 4 is 11.8 Å². The second kappa shape index (κ2) is 4.00. The van der Waals surface area contributed by atoms with Crippen LogP contribution in [0.25, 0.3) is 0 Å². The van der Waals surface area contributed by atoms with Crippen molar-refractivity contribution in [3.8, 4) is 0 Å². The fraction of sp³-hybridized carbons (Fsp3) is 0.375. The lowest BCUT2D eigenvalue weighted by atomic mass is 10.5. The zero-order valence-electron chi connectivity index (χ0n) is 7.01. The van der Waals surface area contributed by atoms with Crippen LogP contribution in [0.15, 0.2) is 29.4 Å². The van der Waals surface area contributed by atoms with E-state index in [4.69, 9.17) is 0 Å². The number of pyridine rings is 1. The molecule has 13 heavy (non-hydrogen) atoms.